The van der Waals surface area contributed by atoms with E-state index in [1.54, 1.807) is 0 Å². The zero-order valence-corrected chi connectivity index (χ0v) is 5.72. The minimum atomic E-state index is -0.889. The maximum atomic E-state index is 5.47. The molecule has 0 bridgehead atoms. The molecule has 0 saturated carbocycles. The first-order valence-corrected chi connectivity index (χ1v) is 3.62. The summed E-state index contributed by atoms with van der Waals surface area (Å²) < 4.78 is 10.9. The molecule has 2 heterocycles. The lowest BCUT2D eigenvalue weighted by Gasteiger charge is -2.25. The van der Waals surface area contributed by atoms with Crippen LogP contribution < -0.4 is 4.81 Å². The number of nitrogens with one attached hydrogen (secondary N) is 1. The van der Waals surface area contributed by atoms with E-state index in [4.69, 9.17) is 9.31 Å². The molecule has 0 aromatic heterocycles. The molecule has 9 heavy (non-hydrogen) atoms. The van der Waals surface area contributed by atoms with E-state index in [0.717, 1.165) is 26.3 Å². The first-order valence-electron chi connectivity index (χ1n) is 3.62. The molecule has 0 amide bonds. The van der Waals surface area contributed by atoms with Gasteiger partial charge in [-0.1, -0.05) is 6.82 Å². The van der Waals surface area contributed by atoms with Crippen molar-refractivity contribution in [3.05, 3.63) is 0 Å². The van der Waals surface area contributed by atoms with Crippen LogP contribution >= 0.6 is 0 Å². The van der Waals surface area contributed by atoms with Gasteiger partial charge in [0.1, 0.15) is 0 Å². The van der Waals surface area contributed by atoms with E-state index in [9.17, 15) is 0 Å². The van der Waals surface area contributed by atoms with Gasteiger partial charge < -0.3 is 14.1 Å². The molecule has 52 valence electrons. The number of hydrogen-bond donors (Lipinski definition) is 1. The molecule has 0 unspecified atom stereocenters. The van der Waals surface area contributed by atoms with E-state index in [-0.39, 0.29) is 0 Å². The Balaban J connectivity index is 2.17. The highest BCUT2D eigenvalue weighted by atomic mass is 16.6. The first-order chi connectivity index (χ1) is 4.31. The Morgan fingerprint density at radius 1 is 1.22 bits per heavy atom. The molecule has 0 aromatic carbocycles. The average molecular weight is 129 g/mol. The van der Waals surface area contributed by atoms with Crippen LogP contribution in [-0.4, -0.2) is 33.0 Å². The van der Waals surface area contributed by atoms with E-state index < -0.39 is 6.69 Å². The van der Waals surface area contributed by atoms with E-state index in [0.29, 0.717) is 0 Å². The minimum Gasteiger partial charge on any atom is -0.510 e. The molecule has 4 heteroatoms. The predicted octanol–water partition coefficient (Wildman–Crippen LogP) is -1.50. The fraction of sp³-hybridized carbons (Fsp3) is 1.00. The van der Waals surface area contributed by atoms with Crippen LogP contribution in [0.2, 0.25) is 6.82 Å². The highest BCUT2D eigenvalue weighted by Gasteiger charge is 2.44. The minimum absolute atomic E-state index is 0.881. The number of hydrogen-bond acceptors (Lipinski definition) is 2. The summed E-state index contributed by atoms with van der Waals surface area (Å²) in [7, 11) is 0. The van der Waals surface area contributed by atoms with Crippen molar-refractivity contribution in [3.8, 4) is 0 Å². The van der Waals surface area contributed by atoms with Crippen molar-refractivity contribution >= 4 is 6.69 Å². The van der Waals surface area contributed by atoms with Gasteiger partial charge in [-0.05, 0) is 0 Å². The third-order valence-corrected chi connectivity index (χ3v) is 2.46. The van der Waals surface area contributed by atoms with E-state index >= 15 is 0 Å². The Labute approximate surface area is 54.9 Å². The first kappa shape index (κ1) is 5.71. The zero-order valence-electron chi connectivity index (χ0n) is 5.72. The predicted molar refractivity (Wildman–Crippen MR) is 34.2 cm³/mol. The summed E-state index contributed by atoms with van der Waals surface area (Å²) in [5.74, 6) is 0. The molecule has 2 saturated heterocycles. The van der Waals surface area contributed by atoms with Crippen LogP contribution in [0.15, 0.2) is 0 Å². The quantitative estimate of drug-likeness (QED) is 0.402. The maximum absolute atomic E-state index is 5.47. The lowest BCUT2D eigenvalue weighted by molar-refractivity contribution is -0.783. The zero-order chi connectivity index (χ0) is 6.32. The van der Waals surface area contributed by atoms with Crippen molar-refractivity contribution in [3.63, 3.8) is 0 Å². The van der Waals surface area contributed by atoms with Gasteiger partial charge in [-0.3, -0.25) is 0 Å². The topological polar surface area (TPSA) is 22.9 Å². The number of quaternary nitrogens is 1. The van der Waals surface area contributed by atoms with Crippen LogP contribution in [0, 0.1) is 0 Å². The molecule has 3 nitrogen and oxygen atoms in total. The second kappa shape index (κ2) is 1.72. The molecule has 2 rings (SSSR count). The molecule has 0 atom stereocenters. The highest BCUT2D eigenvalue weighted by molar-refractivity contribution is 6.57. The van der Waals surface area contributed by atoms with Crippen molar-refractivity contribution < 1.29 is 14.1 Å². The van der Waals surface area contributed by atoms with Gasteiger partial charge in [0.05, 0.1) is 26.3 Å². The van der Waals surface area contributed by atoms with E-state index in [1.807, 2.05) is 0 Å². The molecule has 0 radical (unpaired) electrons. The third-order valence-electron chi connectivity index (χ3n) is 2.46. The number of rotatable bonds is 0. The van der Waals surface area contributed by atoms with Gasteiger partial charge in [-0.15, -0.1) is 0 Å². The fourth-order valence-corrected chi connectivity index (χ4v) is 1.76. The van der Waals surface area contributed by atoms with Crippen LogP contribution in [0.4, 0.5) is 0 Å². The molecule has 2 fully saturated rings. The smallest absolute Gasteiger partial charge is 0.468 e. The van der Waals surface area contributed by atoms with Crippen molar-refractivity contribution in [1.29, 1.82) is 0 Å². The molecule has 0 aliphatic carbocycles. The molecule has 0 aromatic rings. The fourth-order valence-electron chi connectivity index (χ4n) is 1.76. The molecular formula is C5H12BNO2. The SMILES string of the molecule is C[B-]12OCC[NH+]1CCO2. The van der Waals surface area contributed by atoms with Gasteiger partial charge in [0, 0.05) is 0 Å². The Hall–Kier alpha value is -0.0551. The highest BCUT2D eigenvalue weighted by Crippen LogP contribution is 2.06. The molecular weight excluding hydrogens is 117 g/mol. The van der Waals surface area contributed by atoms with Gasteiger partial charge in [-0.25, -0.2) is 0 Å². The molecule has 0 spiro atoms. The van der Waals surface area contributed by atoms with Crippen LogP contribution in [0.3, 0.4) is 0 Å². The van der Waals surface area contributed by atoms with Crippen molar-refractivity contribution in [2.75, 3.05) is 26.3 Å². The van der Waals surface area contributed by atoms with Gasteiger partial charge in [0.25, 0.3) is 0 Å². The van der Waals surface area contributed by atoms with Crippen LogP contribution in [-0.2, 0) is 9.31 Å². The van der Waals surface area contributed by atoms with Gasteiger partial charge in [0.2, 0.25) is 0 Å². The second-order valence-corrected chi connectivity index (χ2v) is 2.99. The van der Waals surface area contributed by atoms with Crippen LogP contribution in [0.1, 0.15) is 0 Å². The van der Waals surface area contributed by atoms with Crippen LogP contribution in [0.5, 0.6) is 0 Å². The Kier molecular flexibility index (Phi) is 1.09. The second-order valence-electron chi connectivity index (χ2n) is 2.99. The van der Waals surface area contributed by atoms with Crippen molar-refractivity contribution in [2.45, 2.75) is 6.82 Å². The maximum Gasteiger partial charge on any atom is 0.468 e. The summed E-state index contributed by atoms with van der Waals surface area (Å²) in [5.41, 5.74) is 0. The van der Waals surface area contributed by atoms with E-state index in [1.165, 1.54) is 4.81 Å². The summed E-state index contributed by atoms with van der Waals surface area (Å²) in [4.78, 5) is 1.51. The lowest BCUT2D eigenvalue weighted by Crippen LogP contribution is -3.18. The standard InChI is InChI=1S/C5H12BNO2/c1-6-7(2-4-8-6)3-5-9-6/h7H,2-5H2,1H3. The lowest BCUT2D eigenvalue weighted by atomic mass is 9.75. The summed E-state index contributed by atoms with van der Waals surface area (Å²) in [6.45, 7) is 5.22. The van der Waals surface area contributed by atoms with Crippen LogP contribution in [0.25, 0.3) is 0 Å². The Bertz CT molecular complexity index is 120. The molecule has 2 aliphatic rings. The average Bonchev–Trinajstić information content (AvgIpc) is 2.22. The van der Waals surface area contributed by atoms with Crippen molar-refractivity contribution in [2.24, 2.45) is 0 Å². The Morgan fingerprint density at radius 3 is 2.22 bits per heavy atom. The van der Waals surface area contributed by atoms with Gasteiger partial charge >= 0.3 is 6.69 Å². The van der Waals surface area contributed by atoms with Crippen molar-refractivity contribution in [1.82, 2.24) is 0 Å². The summed E-state index contributed by atoms with van der Waals surface area (Å²) >= 11 is 0. The monoisotopic (exact) mass is 129 g/mol. The molecule has 2 aliphatic heterocycles. The van der Waals surface area contributed by atoms with Gasteiger partial charge in [-0.2, -0.15) is 0 Å². The normalized spacial score (nSPS) is 49.7. The van der Waals surface area contributed by atoms with Gasteiger partial charge in [0.15, 0.2) is 0 Å². The Morgan fingerprint density at radius 2 is 1.78 bits per heavy atom. The molecule has 1 N–H and O–H groups in total. The largest absolute Gasteiger partial charge is 0.510 e. The summed E-state index contributed by atoms with van der Waals surface area (Å²) in [6, 6.07) is 0. The number of fused-ring (bicyclic) bond motifs is 1. The summed E-state index contributed by atoms with van der Waals surface area (Å²) in [6.07, 6.45) is 0. The van der Waals surface area contributed by atoms with E-state index in [2.05, 4.69) is 6.82 Å². The summed E-state index contributed by atoms with van der Waals surface area (Å²) in [5, 5.41) is 0. The third kappa shape index (κ3) is 0.706.